The highest BCUT2D eigenvalue weighted by molar-refractivity contribution is 7.99. The molecular weight excluding hydrogens is 416 g/mol. The smallest absolute Gasteiger partial charge is 0.234 e. The molecule has 0 fully saturated rings. The zero-order chi connectivity index (χ0) is 22.3. The lowest BCUT2D eigenvalue weighted by Crippen LogP contribution is -2.16. The van der Waals surface area contributed by atoms with E-state index in [4.69, 9.17) is 0 Å². The predicted octanol–water partition coefficient (Wildman–Crippen LogP) is 5.46. The lowest BCUT2D eigenvalue weighted by Gasteiger charge is -2.13. The summed E-state index contributed by atoms with van der Waals surface area (Å²) in [4.78, 5) is 12.8. The van der Waals surface area contributed by atoms with E-state index in [1.54, 1.807) is 0 Å². The van der Waals surface area contributed by atoms with Crippen molar-refractivity contribution in [3.05, 3.63) is 101 Å². The Hall–Kier alpha value is -3.38. The third kappa shape index (κ3) is 5.08. The van der Waals surface area contributed by atoms with Gasteiger partial charge in [0.15, 0.2) is 5.16 Å². The Balaban J connectivity index is 1.54. The Morgan fingerprint density at radius 1 is 0.938 bits per heavy atom. The Morgan fingerprint density at radius 2 is 1.66 bits per heavy atom. The first-order chi connectivity index (χ1) is 15.7. The average molecular weight is 443 g/mol. The summed E-state index contributed by atoms with van der Waals surface area (Å²) in [6.07, 6.45) is 1.54. The molecule has 0 saturated carbocycles. The van der Waals surface area contributed by atoms with E-state index >= 15 is 0 Å². The van der Waals surface area contributed by atoms with Crippen LogP contribution in [0, 0.1) is 6.92 Å². The second-order valence-electron chi connectivity index (χ2n) is 7.53. The number of nitrogens with one attached hydrogen (secondary N) is 1. The lowest BCUT2D eigenvalue weighted by atomic mass is 10.1. The number of carbonyl (C=O) groups is 1. The van der Waals surface area contributed by atoms with E-state index < -0.39 is 0 Å². The van der Waals surface area contributed by atoms with E-state index in [-0.39, 0.29) is 11.7 Å². The van der Waals surface area contributed by atoms with Crippen molar-refractivity contribution in [3.63, 3.8) is 0 Å². The third-order valence-corrected chi connectivity index (χ3v) is 6.19. The highest BCUT2D eigenvalue weighted by Crippen LogP contribution is 2.25. The summed E-state index contributed by atoms with van der Waals surface area (Å²) in [6.45, 7) is 4.11. The van der Waals surface area contributed by atoms with Crippen molar-refractivity contribution in [1.29, 1.82) is 0 Å². The second-order valence-corrected chi connectivity index (χ2v) is 8.47. The molecule has 4 aromatic rings. The number of hydrogen-bond donors (Lipinski definition) is 1. The molecule has 0 unspecified atom stereocenters. The Morgan fingerprint density at radius 3 is 2.38 bits per heavy atom. The molecule has 5 nitrogen and oxygen atoms in total. The molecule has 0 atom stereocenters. The molecule has 6 heteroatoms. The minimum absolute atomic E-state index is 0.0498. The normalized spacial score (nSPS) is 10.8. The number of benzene rings is 3. The number of aryl methyl sites for hydroxylation is 2. The van der Waals surface area contributed by atoms with Gasteiger partial charge in [0, 0.05) is 17.8 Å². The largest absolute Gasteiger partial charge is 0.325 e. The molecule has 4 rings (SSSR count). The molecule has 0 aliphatic heterocycles. The lowest BCUT2D eigenvalue weighted by molar-refractivity contribution is -0.113. The van der Waals surface area contributed by atoms with Crippen LogP contribution < -0.4 is 5.32 Å². The summed E-state index contributed by atoms with van der Waals surface area (Å²) in [6, 6.07) is 26.3. The van der Waals surface area contributed by atoms with Gasteiger partial charge in [0.25, 0.3) is 0 Å². The summed E-state index contributed by atoms with van der Waals surface area (Å²) in [5.41, 5.74) is 5.27. The second kappa shape index (κ2) is 10.3. The van der Waals surface area contributed by atoms with Crippen LogP contribution in [0.15, 0.2) is 84.0 Å². The molecule has 0 bridgehead atoms. The summed E-state index contributed by atoms with van der Waals surface area (Å²) >= 11 is 1.40. The minimum atomic E-state index is -0.0498. The van der Waals surface area contributed by atoms with E-state index in [1.807, 2.05) is 72.2 Å². The number of hydrogen-bond acceptors (Lipinski definition) is 4. The fourth-order valence-corrected chi connectivity index (χ4v) is 4.40. The molecule has 1 amide bonds. The van der Waals surface area contributed by atoms with Gasteiger partial charge in [-0.05, 0) is 42.2 Å². The number of thioether (sulfide) groups is 1. The molecule has 32 heavy (non-hydrogen) atoms. The highest BCUT2D eigenvalue weighted by atomic mass is 32.2. The summed E-state index contributed by atoms with van der Waals surface area (Å²) in [7, 11) is 0. The van der Waals surface area contributed by atoms with Gasteiger partial charge in [-0.15, -0.1) is 10.2 Å². The van der Waals surface area contributed by atoms with Gasteiger partial charge >= 0.3 is 0 Å². The maximum atomic E-state index is 12.8. The van der Waals surface area contributed by atoms with Crippen LogP contribution >= 0.6 is 11.8 Å². The molecule has 0 saturated heterocycles. The van der Waals surface area contributed by atoms with E-state index in [0.717, 1.165) is 40.3 Å². The predicted molar refractivity (Wildman–Crippen MR) is 131 cm³/mol. The van der Waals surface area contributed by atoms with Gasteiger partial charge in [0.05, 0.1) is 5.75 Å². The van der Waals surface area contributed by atoms with Gasteiger partial charge in [-0.25, -0.2) is 0 Å². The van der Waals surface area contributed by atoms with Crippen molar-refractivity contribution in [2.24, 2.45) is 0 Å². The van der Waals surface area contributed by atoms with Crippen molar-refractivity contribution < 1.29 is 4.79 Å². The minimum Gasteiger partial charge on any atom is -0.325 e. The molecule has 3 aromatic carbocycles. The SMILES string of the molecule is CCc1cccc(C)c1NC(=O)CSc1nnc(Cc2ccccc2)n1-c1ccccc1. The van der Waals surface area contributed by atoms with Gasteiger partial charge < -0.3 is 5.32 Å². The molecule has 162 valence electrons. The van der Waals surface area contributed by atoms with Crippen LogP contribution in [0.3, 0.4) is 0 Å². The number of carbonyl (C=O) groups excluding carboxylic acids is 1. The zero-order valence-corrected chi connectivity index (χ0v) is 19.1. The summed E-state index contributed by atoms with van der Waals surface area (Å²) in [5.74, 6) is 1.05. The topological polar surface area (TPSA) is 59.8 Å². The van der Waals surface area contributed by atoms with Gasteiger partial charge in [-0.3, -0.25) is 9.36 Å². The van der Waals surface area contributed by atoms with E-state index in [2.05, 4.69) is 40.6 Å². The molecule has 0 radical (unpaired) electrons. The fraction of sp³-hybridized carbons (Fsp3) is 0.192. The first kappa shape index (κ1) is 21.8. The molecule has 0 spiro atoms. The Kier molecular flexibility index (Phi) is 7.02. The molecule has 0 aliphatic carbocycles. The number of anilines is 1. The van der Waals surface area contributed by atoms with Gasteiger partial charge in [0.1, 0.15) is 5.82 Å². The molecule has 1 N–H and O–H groups in total. The Labute approximate surface area is 192 Å². The van der Waals surface area contributed by atoms with E-state index in [0.29, 0.717) is 11.6 Å². The maximum Gasteiger partial charge on any atom is 0.234 e. The zero-order valence-electron chi connectivity index (χ0n) is 18.3. The maximum absolute atomic E-state index is 12.8. The van der Waals surface area contributed by atoms with E-state index in [1.165, 1.54) is 11.8 Å². The van der Waals surface area contributed by atoms with Crippen molar-refractivity contribution in [2.45, 2.75) is 31.8 Å². The molecule has 1 heterocycles. The first-order valence-corrected chi connectivity index (χ1v) is 11.7. The third-order valence-electron chi connectivity index (χ3n) is 5.26. The average Bonchev–Trinajstić information content (AvgIpc) is 3.22. The van der Waals surface area contributed by atoms with Crippen LogP contribution in [0.2, 0.25) is 0 Å². The molecule has 0 aliphatic rings. The Bertz CT molecular complexity index is 1190. The van der Waals surface area contributed by atoms with Gasteiger partial charge in [0.2, 0.25) is 5.91 Å². The van der Waals surface area contributed by atoms with Crippen molar-refractivity contribution in [1.82, 2.24) is 14.8 Å². The molecule has 1 aromatic heterocycles. The van der Waals surface area contributed by atoms with Crippen molar-refractivity contribution in [3.8, 4) is 5.69 Å². The highest BCUT2D eigenvalue weighted by Gasteiger charge is 2.17. The fourth-order valence-electron chi connectivity index (χ4n) is 3.63. The van der Waals surface area contributed by atoms with Crippen LogP contribution in [0.4, 0.5) is 5.69 Å². The number of amides is 1. The quantitative estimate of drug-likeness (QED) is 0.368. The first-order valence-electron chi connectivity index (χ1n) is 10.7. The molecular formula is C26H26N4OS. The monoisotopic (exact) mass is 442 g/mol. The van der Waals surface area contributed by atoms with E-state index in [9.17, 15) is 4.79 Å². The summed E-state index contributed by atoms with van der Waals surface area (Å²) in [5, 5.41) is 12.7. The van der Waals surface area contributed by atoms with Crippen LogP contribution in [-0.2, 0) is 17.6 Å². The van der Waals surface area contributed by atoms with Crippen LogP contribution in [0.5, 0.6) is 0 Å². The number of aromatic nitrogens is 3. The van der Waals surface area contributed by atoms with Crippen molar-refractivity contribution in [2.75, 3.05) is 11.1 Å². The number of rotatable bonds is 8. The summed E-state index contributed by atoms with van der Waals surface area (Å²) < 4.78 is 2.04. The number of nitrogens with zero attached hydrogens (tertiary/aromatic N) is 3. The van der Waals surface area contributed by atoms with Gasteiger partial charge in [-0.2, -0.15) is 0 Å². The van der Waals surface area contributed by atoms with Crippen LogP contribution in [0.25, 0.3) is 5.69 Å². The van der Waals surface area contributed by atoms with Crippen LogP contribution in [-0.4, -0.2) is 26.4 Å². The van der Waals surface area contributed by atoms with Gasteiger partial charge in [-0.1, -0.05) is 85.4 Å². The van der Waals surface area contributed by atoms with Crippen LogP contribution in [0.1, 0.15) is 29.4 Å². The van der Waals surface area contributed by atoms with Crippen molar-refractivity contribution >= 4 is 23.4 Å². The standard InChI is InChI=1S/C26H26N4OS/c1-3-21-14-10-11-19(2)25(21)27-24(31)18-32-26-29-28-23(17-20-12-6-4-7-13-20)30(26)22-15-8-5-9-16-22/h4-16H,3,17-18H2,1-2H3,(H,27,31). The number of para-hydroxylation sites is 2.